The zero-order valence-electron chi connectivity index (χ0n) is 21.6. The van der Waals surface area contributed by atoms with Gasteiger partial charge in [-0.3, -0.25) is 9.59 Å². The van der Waals surface area contributed by atoms with Gasteiger partial charge in [-0.2, -0.15) is 0 Å². The molecule has 0 radical (unpaired) electrons. The maximum Gasteiger partial charge on any atom is 0.247 e. The van der Waals surface area contributed by atoms with E-state index in [1.54, 1.807) is 11.0 Å². The lowest BCUT2D eigenvalue weighted by molar-refractivity contribution is -0.141. The topological polar surface area (TPSA) is 115 Å². The second-order valence-electron chi connectivity index (χ2n) is 9.76. The van der Waals surface area contributed by atoms with Gasteiger partial charge < -0.3 is 30.2 Å². The first kappa shape index (κ1) is 28.1. The number of aliphatic hydroxyl groups excluding tert-OH is 2. The third-order valence-electron chi connectivity index (χ3n) is 6.70. The van der Waals surface area contributed by atoms with Crippen LogP contribution >= 0.6 is 22.6 Å². The van der Waals surface area contributed by atoms with Gasteiger partial charge in [-0.1, -0.05) is 44.2 Å². The molecule has 8 nitrogen and oxygen atoms in total. The summed E-state index contributed by atoms with van der Waals surface area (Å²) in [7, 11) is 0. The number of carbonyl (C=O) groups is 2. The van der Waals surface area contributed by atoms with Crippen LogP contribution in [0.5, 0.6) is 5.75 Å². The summed E-state index contributed by atoms with van der Waals surface area (Å²) in [5, 5.41) is 24.5. The van der Waals surface area contributed by atoms with Crippen LogP contribution in [0.2, 0.25) is 0 Å². The van der Waals surface area contributed by atoms with Crippen LogP contribution in [-0.4, -0.2) is 69.9 Å². The van der Waals surface area contributed by atoms with Crippen molar-refractivity contribution < 1.29 is 24.5 Å². The number of hydrogen-bond acceptors (Lipinski definition) is 5. The summed E-state index contributed by atoms with van der Waals surface area (Å²) in [6, 6.07) is 16.9. The standard InChI is InChI=1S/C29H34IN3O5/c1-18(2)29(37)33(13-11-21-15-19-7-3-5-9-23(19)32-21)24-16-20(28(36)31-12-14-34)17-26(27(24)35)38-25-10-6-4-8-22(25)30/h3-10,15,17-18,24,26-27,32,34-35H,11-14,16H2,1-2H3,(H,31,36). The number of nitrogens with zero attached hydrogens (tertiary/aromatic N) is 1. The van der Waals surface area contributed by atoms with Gasteiger partial charge in [0.1, 0.15) is 18.0 Å². The summed E-state index contributed by atoms with van der Waals surface area (Å²) in [6.45, 7) is 3.96. The molecule has 1 aliphatic rings. The van der Waals surface area contributed by atoms with Gasteiger partial charge in [-0.15, -0.1) is 0 Å². The quantitative estimate of drug-likeness (QED) is 0.256. The molecule has 2 aromatic carbocycles. The monoisotopic (exact) mass is 631 g/mol. The summed E-state index contributed by atoms with van der Waals surface area (Å²) < 4.78 is 7.07. The number of H-pyrrole nitrogens is 1. The summed E-state index contributed by atoms with van der Waals surface area (Å²) >= 11 is 2.16. The van der Waals surface area contributed by atoms with Crippen molar-refractivity contribution in [3.05, 3.63) is 75.5 Å². The third-order valence-corrected chi connectivity index (χ3v) is 7.59. The highest BCUT2D eigenvalue weighted by Crippen LogP contribution is 2.30. The van der Waals surface area contributed by atoms with Gasteiger partial charge in [0.15, 0.2) is 0 Å². The number of aromatic amines is 1. The van der Waals surface area contributed by atoms with Crippen molar-refractivity contribution in [2.45, 2.75) is 44.9 Å². The number of halogens is 1. The molecule has 2 amide bonds. The first-order chi connectivity index (χ1) is 18.3. The Morgan fingerprint density at radius 3 is 2.63 bits per heavy atom. The van der Waals surface area contributed by atoms with Crippen LogP contribution < -0.4 is 10.1 Å². The predicted octanol–water partition coefficient (Wildman–Crippen LogP) is 3.42. The number of amides is 2. The molecule has 4 N–H and O–H groups in total. The van der Waals surface area contributed by atoms with E-state index in [2.05, 4.69) is 39.0 Å². The molecule has 9 heteroatoms. The lowest BCUT2D eigenvalue weighted by Crippen LogP contribution is -2.56. The van der Waals surface area contributed by atoms with Gasteiger partial charge in [0, 0.05) is 48.6 Å². The molecule has 0 saturated carbocycles. The molecule has 0 saturated heterocycles. The molecule has 1 heterocycles. The summed E-state index contributed by atoms with van der Waals surface area (Å²) in [5.41, 5.74) is 2.43. The maximum atomic E-state index is 13.5. The van der Waals surface area contributed by atoms with Crippen LogP contribution in [0, 0.1) is 9.49 Å². The van der Waals surface area contributed by atoms with Crippen molar-refractivity contribution in [3.8, 4) is 5.75 Å². The first-order valence-electron chi connectivity index (χ1n) is 12.8. The Balaban J connectivity index is 1.63. The van der Waals surface area contributed by atoms with Gasteiger partial charge in [0.2, 0.25) is 11.8 Å². The molecule has 202 valence electrons. The Morgan fingerprint density at radius 2 is 1.92 bits per heavy atom. The van der Waals surface area contributed by atoms with E-state index in [-0.39, 0.29) is 37.3 Å². The minimum absolute atomic E-state index is 0.102. The summed E-state index contributed by atoms with van der Waals surface area (Å²) in [6.07, 6.45) is 0.483. The van der Waals surface area contributed by atoms with Crippen LogP contribution in [0.15, 0.2) is 66.2 Å². The SMILES string of the molecule is CC(C)C(=O)N(CCc1cc2ccccc2[nH]1)C1CC(C(=O)NCCO)=CC(Oc2ccccc2I)C1O. The van der Waals surface area contributed by atoms with E-state index in [1.165, 1.54) is 0 Å². The van der Waals surface area contributed by atoms with Crippen molar-refractivity contribution in [1.82, 2.24) is 15.2 Å². The zero-order valence-corrected chi connectivity index (χ0v) is 23.7. The van der Waals surface area contributed by atoms with E-state index in [0.717, 1.165) is 20.2 Å². The van der Waals surface area contributed by atoms with Gasteiger partial charge in [-0.05, 0) is 58.3 Å². The van der Waals surface area contributed by atoms with Crippen molar-refractivity contribution in [2.24, 2.45) is 5.92 Å². The molecule has 3 aromatic rings. The Hall–Kier alpha value is -2.89. The number of para-hydroxylation sites is 2. The highest BCUT2D eigenvalue weighted by molar-refractivity contribution is 14.1. The molecule has 3 atom stereocenters. The lowest BCUT2D eigenvalue weighted by Gasteiger charge is -2.41. The zero-order chi connectivity index (χ0) is 27.2. The molecule has 4 rings (SSSR count). The van der Waals surface area contributed by atoms with Crippen molar-refractivity contribution in [1.29, 1.82) is 0 Å². The number of aliphatic hydroxyl groups is 2. The van der Waals surface area contributed by atoms with Crippen molar-refractivity contribution in [3.63, 3.8) is 0 Å². The van der Waals surface area contributed by atoms with E-state index in [4.69, 9.17) is 4.74 Å². The largest absolute Gasteiger partial charge is 0.482 e. The molecule has 0 aliphatic heterocycles. The number of ether oxygens (including phenoxy) is 1. The molecule has 0 spiro atoms. The van der Waals surface area contributed by atoms with Gasteiger partial charge in [0.25, 0.3) is 0 Å². The van der Waals surface area contributed by atoms with Crippen LogP contribution in [0.3, 0.4) is 0 Å². The van der Waals surface area contributed by atoms with Crippen LogP contribution in [0.4, 0.5) is 0 Å². The van der Waals surface area contributed by atoms with E-state index in [0.29, 0.717) is 24.3 Å². The summed E-state index contributed by atoms with van der Waals surface area (Å²) in [4.78, 5) is 31.5. The fourth-order valence-electron chi connectivity index (χ4n) is 4.75. The average Bonchev–Trinajstić information content (AvgIpc) is 3.33. The Kier molecular flexibility index (Phi) is 9.45. The number of aromatic nitrogens is 1. The lowest BCUT2D eigenvalue weighted by atomic mass is 9.87. The molecule has 3 unspecified atom stereocenters. The smallest absolute Gasteiger partial charge is 0.247 e. The normalized spacial score (nSPS) is 19.3. The number of rotatable bonds is 10. The van der Waals surface area contributed by atoms with Gasteiger partial charge in [-0.25, -0.2) is 0 Å². The van der Waals surface area contributed by atoms with E-state index < -0.39 is 18.2 Å². The molecule has 38 heavy (non-hydrogen) atoms. The van der Waals surface area contributed by atoms with E-state index in [1.807, 2.05) is 62.4 Å². The fourth-order valence-corrected chi connectivity index (χ4v) is 5.26. The molecule has 0 fully saturated rings. The number of fused-ring (bicyclic) bond motifs is 1. The fraction of sp³-hybridized carbons (Fsp3) is 0.379. The molecule has 1 aliphatic carbocycles. The highest BCUT2D eigenvalue weighted by Gasteiger charge is 2.41. The number of benzene rings is 2. The molecular weight excluding hydrogens is 597 g/mol. The minimum atomic E-state index is -1.05. The van der Waals surface area contributed by atoms with E-state index >= 15 is 0 Å². The summed E-state index contributed by atoms with van der Waals surface area (Å²) in [5.74, 6) is -0.156. The second-order valence-corrected chi connectivity index (χ2v) is 10.9. The second kappa shape index (κ2) is 12.8. The predicted molar refractivity (Wildman–Crippen MR) is 155 cm³/mol. The van der Waals surface area contributed by atoms with Gasteiger partial charge in [0.05, 0.1) is 16.2 Å². The van der Waals surface area contributed by atoms with Crippen molar-refractivity contribution in [2.75, 3.05) is 19.7 Å². The number of carbonyl (C=O) groups excluding carboxylic acids is 2. The van der Waals surface area contributed by atoms with Gasteiger partial charge >= 0.3 is 0 Å². The third kappa shape index (κ3) is 6.57. The molecule has 1 aromatic heterocycles. The van der Waals surface area contributed by atoms with Crippen molar-refractivity contribution >= 4 is 45.3 Å². The Morgan fingerprint density at radius 1 is 1.18 bits per heavy atom. The Bertz CT molecular complexity index is 1270. The molecule has 0 bridgehead atoms. The van der Waals surface area contributed by atoms with Crippen LogP contribution in [0.1, 0.15) is 26.0 Å². The number of hydrogen-bond donors (Lipinski definition) is 4. The molecular formula is C29H34IN3O5. The minimum Gasteiger partial charge on any atom is -0.482 e. The average molecular weight is 632 g/mol. The van der Waals surface area contributed by atoms with Crippen LogP contribution in [-0.2, 0) is 16.0 Å². The number of nitrogens with one attached hydrogen (secondary N) is 2. The van der Waals surface area contributed by atoms with E-state index in [9.17, 15) is 19.8 Å². The van der Waals surface area contributed by atoms with Crippen LogP contribution in [0.25, 0.3) is 10.9 Å². The highest BCUT2D eigenvalue weighted by atomic mass is 127. The first-order valence-corrected chi connectivity index (χ1v) is 13.9. The maximum absolute atomic E-state index is 13.5. The Labute approximate surface area is 236 Å².